The summed E-state index contributed by atoms with van der Waals surface area (Å²) in [6.45, 7) is 0. The summed E-state index contributed by atoms with van der Waals surface area (Å²) in [5, 5.41) is 3.65. The number of nitrogens with zero attached hydrogens (tertiary/aromatic N) is 1. The van der Waals surface area contributed by atoms with Crippen molar-refractivity contribution < 1.29 is 14.3 Å². The minimum Gasteiger partial charge on any atom is -0.448 e. The van der Waals surface area contributed by atoms with Gasteiger partial charge in [0.25, 0.3) is 5.79 Å². The van der Waals surface area contributed by atoms with Crippen molar-refractivity contribution in [3.05, 3.63) is 42.5 Å². The van der Waals surface area contributed by atoms with Crippen molar-refractivity contribution in [3.63, 3.8) is 0 Å². The lowest BCUT2D eigenvalue weighted by Crippen LogP contribution is -2.34. The standard InChI is InChI=1S/C20H19N3O3S/c24-18(12-27-19-22-14-5-1-2-6-15(14)23-19)21-13-7-8-16-17(11-13)26-20(25-16)9-3-4-10-20/h1-2,5-8,11H,3-4,9-10,12H2,(H,21,24)(H,22,23). The van der Waals surface area contributed by atoms with Crippen LogP contribution in [0.3, 0.4) is 0 Å². The van der Waals surface area contributed by atoms with Crippen LogP contribution >= 0.6 is 11.8 Å². The van der Waals surface area contributed by atoms with Crippen LogP contribution in [0.15, 0.2) is 47.6 Å². The third kappa shape index (κ3) is 3.23. The average molecular weight is 381 g/mol. The number of aromatic amines is 1. The van der Waals surface area contributed by atoms with Gasteiger partial charge < -0.3 is 19.8 Å². The van der Waals surface area contributed by atoms with Crippen molar-refractivity contribution in [3.8, 4) is 11.5 Å². The maximum absolute atomic E-state index is 12.3. The molecule has 0 saturated heterocycles. The van der Waals surface area contributed by atoms with Gasteiger partial charge in [0.2, 0.25) is 5.91 Å². The number of thioether (sulfide) groups is 1. The Bertz CT molecular complexity index is 978. The van der Waals surface area contributed by atoms with E-state index in [2.05, 4.69) is 15.3 Å². The molecule has 6 nitrogen and oxygen atoms in total. The van der Waals surface area contributed by atoms with Crippen LogP contribution in [0, 0.1) is 0 Å². The highest BCUT2D eigenvalue weighted by Crippen LogP contribution is 2.47. The molecule has 0 radical (unpaired) electrons. The molecule has 0 bridgehead atoms. The number of amides is 1. The number of carbonyl (C=O) groups excluding carboxylic acids is 1. The number of hydrogen-bond donors (Lipinski definition) is 2. The maximum atomic E-state index is 12.3. The molecule has 2 aromatic carbocycles. The van der Waals surface area contributed by atoms with Gasteiger partial charge in [-0.15, -0.1) is 0 Å². The Morgan fingerprint density at radius 1 is 1.15 bits per heavy atom. The summed E-state index contributed by atoms with van der Waals surface area (Å²) in [5.74, 6) is 1.17. The molecule has 27 heavy (non-hydrogen) atoms. The van der Waals surface area contributed by atoms with Gasteiger partial charge in [0.15, 0.2) is 16.7 Å². The summed E-state index contributed by atoms with van der Waals surface area (Å²) in [5.41, 5.74) is 2.58. The number of aromatic nitrogens is 2. The predicted octanol–water partition coefficient (Wildman–Crippen LogP) is 4.34. The smallest absolute Gasteiger partial charge is 0.251 e. The fraction of sp³-hybridized carbons (Fsp3) is 0.300. The van der Waals surface area contributed by atoms with Crippen LogP contribution in [0.1, 0.15) is 25.7 Å². The summed E-state index contributed by atoms with van der Waals surface area (Å²) in [4.78, 5) is 20.0. The molecule has 1 aliphatic carbocycles. The third-order valence-electron chi connectivity index (χ3n) is 4.89. The number of fused-ring (bicyclic) bond motifs is 2. The Morgan fingerprint density at radius 2 is 1.96 bits per heavy atom. The van der Waals surface area contributed by atoms with Crippen molar-refractivity contribution in [2.75, 3.05) is 11.1 Å². The Kier molecular flexibility index (Phi) is 3.97. The van der Waals surface area contributed by atoms with E-state index < -0.39 is 5.79 Å². The van der Waals surface area contributed by atoms with E-state index in [1.165, 1.54) is 11.8 Å². The van der Waals surface area contributed by atoms with Gasteiger partial charge in [-0.2, -0.15) is 0 Å². The summed E-state index contributed by atoms with van der Waals surface area (Å²) in [6, 6.07) is 13.4. The van der Waals surface area contributed by atoms with Crippen molar-refractivity contribution in [1.82, 2.24) is 9.97 Å². The molecule has 2 aliphatic rings. The number of nitrogens with one attached hydrogen (secondary N) is 2. The summed E-state index contributed by atoms with van der Waals surface area (Å²) < 4.78 is 12.0. The van der Waals surface area contributed by atoms with Crippen LogP contribution in [-0.4, -0.2) is 27.4 Å². The van der Waals surface area contributed by atoms with E-state index in [0.717, 1.165) is 47.6 Å². The van der Waals surface area contributed by atoms with Gasteiger partial charge in [-0.1, -0.05) is 23.9 Å². The van der Waals surface area contributed by atoms with Crippen molar-refractivity contribution in [2.24, 2.45) is 0 Å². The quantitative estimate of drug-likeness (QED) is 0.658. The first-order valence-corrected chi connectivity index (χ1v) is 10.1. The third-order valence-corrected chi connectivity index (χ3v) is 5.77. The Labute approximate surface area is 160 Å². The first-order chi connectivity index (χ1) is 13.2. The second-order valence-electron chi connectivity index (χ2n) is 6.88. The molecular formula is C20H19N3O3S. The zero-order chi connectivity index (χ0) is 18.3. The number of H-pyrrole nitrogens is 1. The number of carbonyl (C=O) groups is 1. The van der Waals surface area contributed by atoms with Crippen molar-refractivity contribution in [1.29, 1.82) is 0 Å². The zero-order valence-corrected chi connectivity index (χ0v) is 15.5. The lowest BCUT2D eigenvalue weighted by Gasteiger charge is -2.21. The Hall–Kier alpha value is -2.67. The molecule has 3 aromatic rings. The Balaban J connectivity index is 1.21. The number of benzene rings is 2. The van der Waals surface area contributed by atoms with Crippen LogP contribution < -0.4 is 14.8 Å². The van der Waals surface area contributed by atoms with E-state index in [-0.39, 0.29) is 11.7 Å². The van der Waals surface area contributed by atoms with Gasteiger partial charge >= 0.3 is 0 Å². The number of para-hydroxylation sites is 2. The van der Waals surface area contributed by atoms with Crippen LogP contribution in [0.25, 0.3) is 11.0 Å². The number of imidazole rings is 1. The molecule has 7 heteroatoms. The molecule has 1 spiro atoms. The average Bonchev–Trinajstić information content (AvgIpc) is 3.37. The second-order valence-corrected chi connectivity index (χ2v) is 7.84. The minimum atomic E-state index is -0.484. The highest BCUT2D eigenvalue weighted by Gasteiger charge is 2.44. The molecule has 0 atom stereocenters. The minimum absolute atomic E-state index is 0.0881. The molecule has 2 N–H and O–H groups in total. The number of rotatable bonds is 4. The maximum Gasteiger partial charge on any atom is 0.251 e. The van der Waals surface area contributed by atoms with E-state index in [0.29, 0.717) is 11.4 Å². The molecule has 1 aromatic heterocycles. The first kappa shape index (κ1) is 16.5. The van der Waals surface area contributed by atoms with Gasteiger partial charge in [-0.05, 0) is 37.1 Å². The van der Waals surface area contributed by atoms with Crippen molar-refractivity contribution in [2.45, 2.75) is 36.6 Å². The SMILES string of the molecule is O=C(CSc1nc2ccccc2[nH]1)Nc1ccc2c(c1)OC1(CCCC1)O2. The van der Waals surface area contributed by atoms with E-state index in [4.69, 9.17) is 9.47 Å². The summed E-state index contributed by atoms with van der Waals surface area (Å²) in [7, 11) is 0. The highest BCUT2D eigenvalue weighted by atomic mass is 32.2. The molecule has 2 heterocycles. The lowest BCUT2D eigenvalue weighted by atomic mass is 10.2. The van der Waals surface area contributed by atoms with E-state index >= 15 is 0 Å². The second kappa shape index (κ2) is 6.49. The number of ether oxygens (including phenoxy) is 2. The number of anilines is 1. The van der Waals surface area contributed by atoms with Crippen LogP contribution in [0.2, 0.25) is 0 Å². The Morgan fingerprint density at radius 3 is 2.81 bits per heavy atom. The molecular weight excluding hydrogens is 362 g/mol. The monoisotopic (exact) mass is 381 g/mol. The molecule has 138 valence electrons. The lowest BCUT2D eigenvalue weighted by molar-refractivity contribution is -0.113. The highest BCUT2D eigenvalue weighted by molar-refractivity contribution is 7.99. The normalized spacial score (nSPS) is 16.9. The topological polar surface area (TPSA) is 76.2 Å². The van der Waals surface area contributed by atoms with E-state index in [9.17, 15) is 4.79 Å². The number of hydrogen-bond acceptors (Lipinski definition) is 5. The van der Waals surface area contributed by atoms with Gasteiger partial charge in [0.05, 0.1) is 16.8 Å². The zero-order valence-electron chi connectivity index (χ0n) is 14.7. The molecule has 1 fully saturated rings. The van der Waals surface area contributed by atoms with Crippen LogP contribution in [0.4, 0.5) is 5.69 Å². The summed E-state index contributed by atoms with van der Waals surface area (Å²) in [6.07, 6.45) is 4.07. The largest absolute Gasteiger partial charge is 0.448 e. The summed E-state index contributed by atoms with van der Waals surface area (Å²) >= 11 is 1.38. The first-order valence-electron chi connectivity index (χ1n) is 9.09. The molecule has 5 rings (SSSR count). The fourth-order valence-corrected chi connectivity index (χ4v) is 4.30. The van der Waals surface area contributed by atoms with Gasteiger partial charge in [0, 0.05) is 24.6 Å². The fourth-order valence-electron chi connectivity index (χ4n) is 3.62. The van der Waals surface area contributed by atoms with Gasteiger partial charge in [0.1, 0.15) is 0 Å². The molecule has 1 amide bonds. The van der Waals surface area contributed by atoms with Crippen molar-refractivity contribution >= 4 is 34.4 Å². The molecule has 1 aliphatic heterocycles. The van der Waals surface area contributed by atoms with Crippen LogP contribution in [-0.2, 0) is 4.79 Å². The van der Waals surface area contributed by atoms with E-state index in [1.807, 2.05) is 42.5 Å². The predicted molar refractivity (Wildman–Crippen MR) is 104 cm³/mol. The van der Waals surface area contributed by atoms with Gasteiger partial charge in [-0.25, -0.2) is 4.98 Å². The van der Waals surface area contributed by atoms with Gasteiger partial charge in [-0.3, -0.25) is 4.79 Å². The molecule has 1 saturated carbocycles. The molecule has 0 unspecified atom stereocenters. The van der Waals surface area contributed by atoms with Crippen LogP contribution in [0.5, 0.6) is 11.5 Å². The van der Waals surface area contributed by atoms with E-state index in [1.54, 1.807) is 0 Å².